The molecular formula is C16H26N4O. The van der Waals surface area contributed by atoms with Crippen LogP contribution in [0.15, 0.2) is 24.3 Å². The first-order valence-corrected chi connectivity index (χ1v) is 7.62. The lowest BCUT2D eigenvalue weighted by Gasteiger charge is -2.37. The van der Waals surface area contributed by atoms with Crippen LogP contribution in [0, 0.1) is 0 Å². The Balaban J connectivity index is 1.92. The average molecular weight is 290 g/mol. The van der Waals surface area contributed by atoms with Gasteiger partial charge in [-0.05, 0) is 25.1 Å². The molecule has 0 saturated heterocycles. The van der Waals surface area contributed by atoms with Gasteiger partial charge in [0.2, 0.25) is 5.91 Å². The van der Waals surface area contributed by atoms with Gasteiger partial charge in [0, 0.05) is 46.7 Å². The molecule has 1 heterocycles. The first kappa shape index (κ1) is 15.6. The highest BCUT2D eigenvalue weighted by Crippen LogP contribution is 2.31. The van der Waals surface area contributed by atoms with Crippen molar-refractivity contribution in [3.05, 3.63) is 24.3 Å². The van der Waals surface area contributed by atoms with Gasteiger partial charge < -0.3 is 20.4 Å². The number of para-hydroxylation sites is 2. The summed E-state index contributed by atoms with van der Waals surface area (Å²) in [5, 5.41) is 0. The minimum atomic E-state index is 0.194. The molecule has 0 radical (unpaired) electrons. The third-order valence-corrected chi connectivity index (χ3v) is 4.06. The number of nitrogens with zero attached hydrogens (tertiary/aromatic N) is 3. The van der Waals surface area contributed by atoms with Gasteiger partial charge in [-0.2, -0.15) is 0 Å². The van der Waals surface area contributed by atoms with Crippen LogP contribution < -0.4 is 15.5 Å². The molecule has 0 aromatic heterocycles. The normalized spacial score (nSPS) is 14.0. The predicted octanol–water partition coefficient (Wildman–Crippen LogP) is 1.14. The van der Waals surface area contributed by atoms with E-state index in [-0.39, 0.29) is 5.91 Å². The molecule has 5 nitrogen and oxygen atoms in total. The summed E-state index contributed by atoms with van der Waals surface area (Å²) in [6, 6.07) is 8.38. The Hall–Kier alpha value is -1.75. The van der Waals surface area contributed by atoms with Crippen molar-refractivity contribution >= 4 is 17.3 Å². The Bertz CT molecular complexity index is 477. The SMILES string of the molecule is CN(CCCN)C(=O)CCN1CCN(C)c2ccccc21. The Morgan fingerprint density at radius 1 is 1.29 bits per heavy atom. The van der Waals surface area contributed by atoms with Gasteiger partial charge in [-0.1, -0.05) is 12.1 Å². The maximum Gasteiger partial charge on any atom is 0.224 e. The fourth-order valence-electron chi connectivity index (χ4n) is 2.67. The molecule has 0 atom stereocenters. The number of nitrogens with two attached hydrogens (primary N) is 1. The molecular weight excluding hydrogens is 264 g/mol. The van der Waals surface area contributed by atoms with E-state index in [1.807, 2.05) is 7.05 Å². The van der Waals surface area contributed by atoms with Crippen molar-refractivity contribution in [1.82, 2.24) is 4.90 Å². The molecule has 1 aliphatic heterocycles. The summed E-state index contributed by atoms with van der Waals surface area (Å²) >= 11 is 0. The highest BCUT2D eigenvalue weighted by atomic mass is 16.2. The van der Waals surface area contributed by atoms with E-state index in [1.54, 1.807) is 4.90 Å². The van der Waals surface area contributed by atoms with Crippen molar-refractivity contribution in [2.75, 3.05) is 56.6 Å². The molecule has 0 aliphatic carbocycles. The first-order chi connectivity index (χ1) is 10.1. The molecule has 2 N–H and O–H groups in total. The van der Waals surface area contributed by atoms with Crippen LogP contribution in [0.1, 0.15) is 12.8 Å². The summed E-state index contributed by atoms with van der Waals surface area (Å²) < 4.78 is 0. The standard InChI is InChI=1S/C16H26N4O/c1-18-12-13-20(15-7-4-3-6-14(15)18)11-8-16(21)19(2)10-5-9-17/h3-4,6-7H,5,8-13,17H2,1-2H3. The third kappa shape index (κ3) is 3.88. The second kappa shape index (κ2) is 7.31. The number of carbonyl (C=O) groups excluding carboxylic acids is 1. The highest BCUT2D eigenvalue weighted by Gasteiger charge is 2.20. The fourth-order valence-corrected chi connectivity index (χ4v) is 2.67. The molecule has 21 heavy (non-hydrogen) atoms. The van der Waals surface area contributed by atoms with Crippen molar-refractivity contribution in [3.8, 4) is 0 Å². The summed E-state index contributed by atoms with van der Waals surface area (Å²) in [7, 11) is 3.97. The Morgan fingerprint density at radius 3 is 2.71 bits per heavy atom. The zero-order valence-electron chi connectivity index (χ0n) is 13.1. The van der Waals surface area contributed by atoms with E-state index >= 15 is 0 Å². The van der Waals surface area contributed by atoms with Crippen LogP contribution in [-0.4, -0.2) is 57.6 Å². The minimum Gasteiger partial charge on any atom is -0.371 e. The smallest absolute Gasteiger partial charge is 0.224 e. The van der Waals surface area contributed by atoms with Crippen molar-refractivity contribution in [2.24, 2.45) is 5.73 Å². The first-order valence-electron chi connectivity index (χ1n) is 7.62. The van der Waals surface area contributed by atoms with Crippen LogP contribution in [0.25, 0.3) is 0 Å². The number of likely N-dealkylation sites (N-methyl/N-ethyl adjacent to an activating group) is 1. The fraction of sp³-hybridized carbons (Fsp3) is 0.562. The predicted molar refractivity (Wildman–Crippen MR) is 87.9 cm³/mol. The van der Waals surface area contributed by atoms with E-state index in [9.17, 15) is 4.79 Å². The number of carbonyl (C=O) groups is 1. The lowest BCUT2D eigenvalue weighted by molar-refractivity contribution is -0.129. The summed E-state index contributed by atoms with van der Waals surface area (Å²) in [5.74, 6) is 0.194. The molecule has 0 saturated carbocycles. The maximum absolute atomic E-state index is 12.1. The summed E-state index contributed by atoms with van der Waals surface area (Å²) in [6.45, 7) is 4.11. The monoisotopic (exact) mass is 290 g/mol. The third-order valence-electron chi connectivity index (χ3n) is 4.06. The minimum absolute atomic E-state index is 0.194. The Kier molecular flexibility index (Phi) is 5.44. The zero-order chi connectivity index (χ0) is 15.2. The van der Waals surface area contributed by atoms with Gasteiger partial charge in [-0.3, -0.25) is 4.79 Å². The van der Waals surface area contributed by atoms with Crippen LogP contribution in [-0.2, 0) is 4.79 Å². The number of amides is 1. The van der Waals surface area contributed by atoms with Gasteiger partial charge in [0.1, 0.15) is 0 Å². The van der Waals surface area contributed by atoms with E-state index in [2.05, 4.69) is 41.1 Å². The second-order valence-corrected chi connectivity index (χ2v) is 5.60. The number of hydrogen-bond acceptors (Lipinski definition) is 4. The van der Waals surface area contributed by atoms with Crippen LogP contribution in [0.4, 0.5) is 11.4 Å². The maximum atomic E-state index is 12.1. The molecule has 0 bridgehead atoms. The number of fused-ring (bicyclic) bond motifs is 1. The highest BCUT2D eigenvalue weighted by molar-refractivity contribution is 5.78. The summed E-state index contributed by atoms with van der Waals surface area (Å²) in [6.07, 6.45) is 1.42. The molecule has 1 aromatic carbocycles. The van der Waals surface area contributed by atoms with Gasteiger partial charge in [-0.15, -0.1) is 0 Å². The van der Waals surface area contributed by atoms with E-state index in [4.69, 9.17) is 5.73 Å². The molecule has 0 fully saturated rings. The van der Waals surface area contributed by atoms with Crippen molar-refractivity contribution < 1.29 is 4.79 Å². The van der Waals surface area contributed by atoms with Gasteiger partial charge in [0.25, 0.3) is 0 Å². The number of rotatable bonds is 6. The molecule has 2 rings (SSSR count). The molecule has 0 unspecified atom stereocenters. The lowest BCUT2D eigenvalue weighted by Crippen LogP contribution is -2.41. The number of benzene rings is 1. The van der Waals surface area contributed by atoms with Crippen molar-refractivity contribution in [2.45, 2.75) is 12.8 Å². The zero-order valence-corrected chi connectivity index (χ0v) is 13.1. The Labute approximate surface area is 127 Å². The molecule has 1 aromatic rings. The molecule has 116 valence electrons. The topological polar surface area (TPSA) is 52.8 Å². The second-order valence-electron chi connectivity index (χ2n) is 5.60. The van der Waals surface area contributed by atoms with Gasteiger partial charge in [-0.25, -0.2) is 0 Å². The van der Waals surface area contributed by atoms with Crippen LogP contribution in [0.2, 0.25) is 0 Å². The van der Waals surface area contributed by atoms with E-state index in [0.717, 1.165) is 32.6 Å². The average Bonchev–Trinajstić information content (AvgIpc) is 2.52. The Morgan fingerprint density at radius 2 is 2.00 bits per heavy atom. The van der Waals surface area contributed by atoms with Crippen LogP contribution in [0.3, 0.4) is 0 Å². The summed E-state index contributed by atoms with van der Waals surface area (Å²) in [5.41, 5.74) is 7.95. The summed E-state index contributed by atoms with van der Waals surface area (Å²) in [4.78, 5) is 18.5. The number of hydrogen-bond donors (Lipinski definition) is 1. The molecule has 5 heteroatoms. The lowest BCUT2D eigenvalue weighted by atomic mass is 10.1. The van der Waals surface area contributed by atoms with Gasteiger partial charge in [0.15, 0.2) is 0 Å². The molecule has 1 aliphatic rings. The van der Waals surface area contributed by atoms with E-state index in [0.29, 0.717) is 13.0 Å². The van der Waals surface area contributed by atoms with Crippen molar-refractivity contribution in [3.63, 3.8) is 0 Å². The van der Waals surface area contributed by atoms with Gasteiger partial charge >= 0.3 is 0 Å². The molecule has 0 spiro atoms. The number of anilines is 2. The van der Waals surface area contributed by atoms with E-state index < -0.39 is 0 Å². The van der Waals surface area contributed by atoms with Crippen LogP contribution >= 0.6 is 0 Å². The molecule has 1 amide bonds. The van der Waals surface area contributed by atoms with E-state index in [1.165, 1.54) is 11.4 Å². The van der Waals surface area contributed by atoms with Crippen molar-refractivity contribution in [1.29, 1.82) is 0 Å². The van der Waals surface area contributed by atoms with Gasteiger partial charge in [0.05, 0.1) is 11.4 Å². The largest absolute Gasteiger partial charge is 0.371 e. The van der Waals surface area contributed by atoms with Crippen LogP contribution in [0.5, 0.6) is 0 Å². The quantitative estimate of drug-likeness (QED) is 0.853.